The molecular formula is C22H19F2N3O3. The van der Waals surface area contributed by atoms with Crippen LogP contribution in [0.1, 0.15) is 27.5 Å². The molecule has 1 unspecified atom stereocenters. The predicted octanol–water partition coefficient (Wildman–Crippen LogP) is 3.16. The molecule has 2 amide bonds. The molecule has 6 nitrogen and oxygen atoms in total. The third-order valence-corrected chi connectivity index (χ3v) is 4.29. The molecule has 1 aromatic heterocycles. The quantitative estimate of drug-likeness (QED) is 0.626. The van der Waals surface area contributed by atoms with Gasteiger partial charge in [0.25, 0.3) is 5.91 Å². The molecule has 2 aromatic carbocycles. The van der Waals surface area contributed by atoms with Gasteiger partial charge in [-0.3, -0.25) is 14.6 Å². The number of pyridine rings is 1. The van der Waals surface area contributed by atoms with Crippen LogP contribution in [0.3, 0.4) is 0 Å². The molecule has 1 heterocycles. The van der Waals surface area contributed by atoms with E-state index in [9.17, 15) is 18.4 Å². The number of amides is 2. The first-order valence-electron chi connectivity index (χ1n) is 9.07. The molecule has 0 aliphatic heterocycles. The lowest BCUT2D eigenvalue weighted by atomic mass is 10.0. The van der Waals surface area contributed by atoms with E-state index in [1.807, 2.05) is 6.07 Å². The van der Waals surface area contributed by atoms with E-state index in [1.54, 1.807) is 36.7 Å². The van der Waals surface area contributed by atoms with Crippen molar-refractivity contribution >= 4 is 11.8 Å². The summed E-state index contributed by atoms with van der Waals surface area (Å²) in [7, 11) is 1.38. The molecule has 0 radical (unpaired) electrons. The van der Waals surface area contributed by atoms with Gasteiger partial charge in [0, 0.05) is 30.6 Å². The van der Waals surface area contributed by atoms with E-state index < -0.39 is 29.5 Å². The Kier molecular flexibility index (Phi) is 6.69. The van der Waals surface area contributed by atoms with E-state index in [1.165, 1.54) is 19.2 Å². The molecule has 0 fully saturated rings. The van der Waals surface area contributed by atoms with Crippen molar-refractivity contribution in [2.24, 2.45) is 0 Å². The first-order valence-corrected chi connectivity index (χ1v) is 9.07. The van der Waals surface area contributed by atoms with Crippen molar-refractivity contribution in [1.82, 2.24) is 15.6 Å². The molecule has 30 heavy (non-hydrogen) atoms. The number of nitrogens with zero attached hydrogens (tertiary/aromatic N) is 1. The van der Waals surface area contributed by atoms with Gasteiger partial charge >= 0.3 is 0 Å². The SMILES string of the molecule is CNC(=O)C(NC(=O)c1cccc(OCc2cccnc2)c1)c1ccc(F)c(F)c1. The number of hydrogen-bond acceptors (Lipinski definition) is 4. The van der Waals surface area contributed by atoms with Crippen molar-refractivity contribution in [1.29, 1.82) is 0 Å². The molecule has 3 aromatic rings. The molecule has 0 aliphatic rings. The minimum atomic E-state index is -1.20. The number of ether oxygens (including phenoxy) is 1. The zero-order valence-electron chi connectivity index (χ0n) is 16.1. The van der Waals surface area contributed by atoms with E-state index in [0.29, 0.717) is 5.75 Å². The maximum Gasteiger partial charge on any atom is 0.252 e. The summed E-state index contributed by atoms with van der Waals surface area (Å²) >= 11 is 0. The first-order chi connectivity index (χ1) is 14.5. The average molecular weight is 411 g/mol. The summed E-state index contributed by atoms with van der Waals surface area (Å²) in [5, 5.41) is 4.95. The van der Waals surface area contributed by atoms with Crippen LogP contribution in [0, 0.1) is 11.6 Å². The van der Waals surface area contributed by atoms with Gasteiger partial charge in [-0.1, -0.05) is 18.2 Å². The largest absolute Gasteiger partial charge is 0.489 e. The highest BCUT2D eigenvalue weighted by molar-refractivity contribution is 5.98. The fourth-order valence-corrected chi connectivity index (χ4v) is 2.73. The number of hydrogen-bond donors (Lipinski definition) is 2. The third-order valence-electron chi connectivity index (χ3n) is 4.29. The van der Waals surface area contributed by atoms with Crippen LogP contribution in [-0.4, -0.2) is 23.8 Å². The van der Waals surface area contributed by atoms with Crippen LogP contribution in [-0.2, 0) is 11.4 Å². The Morgan fingerprint density at radius 3 is 2.60 bits per heavy atom. The minimum Gasteiger partial charge on any atom is -0.489 e. The second-order valence-electron chi connectivity index (χ2n) is 6.37. The van der Waals surface area contributed by atoms with E-state index in [2.05, 4.69) is 15.6 Å². The summed E-state index contributed by atoms with van der Waals surface area (Å²) in [5.41, 5.74) is 1.23. The van der Waals surface area contributed by atoms with Gasteiger partial charge in [0.1, 0.15) is 18.4 Å². The Bertz CT molecular complexity index is 1040. The highest BCUT2D eigenvalue weighted by Gasteiger charge is 2.23. The van der Waals surface area contributed by atoms with Gasteiger partial charge in [0.15, 0.2) is 11.6 Å². The minimum absolute atomic E-state index is 0.116. The summed E-state index contributed by atoms with van der Waals surface area (Å²) in [6.07, 6.45) is 3.33. The number of benzene rings is 2. The van der Waals surface area contributed by atoms with Crippen molar-refractivity contribution in [3.63, 3.8) is 0 Å². The van der Waals surface area contributed by atoms with Gasteiger partial charge in [-0.15, -0.1) is 0 Å². The summed E-state index contributed by atoms with van der Waals surface area (Å²) in [5.74, 6) is -2.84. The Morgan fingerprint density at radius 1 is 1.07 bits per heavy atom. The number of nitrogens with one attached hydrogen (secondary N) is 2. The smallest absolute Gasteiger partial charge is 0.252 e. The highest BCUT2D eigenvalue weighted by atomic mass is 19.2. The lowest BCUT2D eigenvalue weighted by molar-refractivity contribution is -0.122. The van der Waals surface area contributed by atoms with E-state index in [-0.39, 0.29) is 17.7 Å². The Morgan fingerprint density at radius 2 is 1.90 bits per heavy atom. The average Bonchev–Trinajstić information content (AvgIpc) is 2.78. The second kappa shape index (κ2) is 9.60. The van der Waals surface area contributed by atoms with Gasteiger partial charge < -0.3 is 15.4 Å². The molecule has 0 spiro atoms. The number of halogens is 2. The number of likely N-dealkylation sites (N-methyl/N-ethyl adjacent to an activating group) is 1. The van der Waals surface area contributed by atoms with Gasteiger partial charge in [-0.05, 0) is 42.0 Å². The Hall–Kier alpha value is -3.81. The molecule has 3 rings (SSSR count). The van der Waals surface area contributed by atoms with Crippen molar-refractivity contribution in [3.05, 3.63) is 95.3 Å². The summed E-state index contributed by atoms with van der Waals surface area (Å²) in [6, 6.07) is 11.9. The van der Waals surface area contributed by atoms with Gasteiger partial charge in [-0.2, -0.15) is 0 Å². The fraction of sp³-hybridized carbons (Fsp3) is 0.136. The van der Waals surface area contributed by atoms with Crippen LogP contribution in [0.2, 0.25) is 0 Å². The first kappa shape index (κ1) is 20.9. The zero-order valence-corrected chi connectivity index (χ0v) is 16.1. The van der Waals surface area contributed by atoms with Crippen LogP contribution < -0.4 is 15.4 Å². The Labute approximate surface area is 171 Å². The van der Waals surface area contributed by atoms with E-state index in [0.717, 1.165) is 17.7 Å². The number of carbonyl (C=O) groups excluding carboxylic acids is 2. The van der Waals surface area contributed by atoms with Crippen molar-refractivity contribution < 1.29 is 23.1 Å². The molecule has 0 saturated carbocycles. The fourth-order valence-electron chi connectivity index (χ4n) is 2.73. The normalized spacial score (nSPS) is 11.4. The molecule has 1 atom stereocenters. The van der Waals surface area contributed by atoms with Crippen LogP contribution in [0.5, 0.6) is 5.75 Å². The molecule has 0 aliphatic carbocycles. The van der Waals surface area contributed by atoms with Crippen molar-refractivity contribution in [3.8, 4) is 5.75 Å². The number of aromatic nitrogens is 1. The Balaban J connectivity index is 1.75. The molecule has 8 heteroatoms. The van der Waals surface area contributed by atoms with Crippen LogP contribution in [0.25, 0.3) is 0 Å². The zero-order chi connectivity index (χ0) is 21.5. The highest BCUT2D eigenvalue weighted by Crippen LogP contribution is 2.19. The van der Waals surface area contributed by atoms with Crippen molar-refractivity contribution in [2.45, 2.75) is 12.6 Å². The van der Waals surface area contributed by atoms with Crippen LogP contribution >= 0.6 is 0 Å². The van der Waals surface area contributed by atoms with E-state index >= 15 is 0 Å². The molecular weight excluding hydrogens is 392 g/mol. The molecule has 0 bridgehead atoms. The second-order valence-corrected chi connectivity index (χ2v) is 6.37. The summed E-state index contributed by atoms with van der Waals surface area (Å²) in [6.45, 7) is 0.272. The van der Waals surface area contributed by atoms with Crippen LogP contribution in [0.15, 0.2) is 67.0 Å². The summed E-state index contributed by atoms with van der Waals surface area (Å²) in [4.78, 5) is 28.9. The molecule has 154 valence electrons. The van der Waals surface area contributed by atoms with E-state index in [4.69, 9.17) is 4.74 Å². The van der Waals surface area contributed by atoms with Gasteiger partial charge in [-0.25, -0.2) is 8.78 Å². The summed E-state index contributed by atoms with van der Waals surface area (Å²) < 4.78 is 32.5. The maximum atomic E-state index is 13.6. The van der Waals surface area contributed by atoms with Crippen LogP contribution in [0.4, 0.5) is 8.78 Å². The molecule has 2 N–H and O–H groups in total. The number of carbonyl (C=O) groups is 2. The number of rotatable bonds is 7. The standard InChI is InChI=1S/C22H19F2N3O3/c1-25-22(29)20(15-7-8-18(23)19(24)11-15)27-21(28)16-5-2-6-17(10-16)30-13-14-4-3-9-26-12-14/h2-12,20H,13H2,1H3,(H,25,29)(H,27,28). The van der Waals surface area contributed by atoms with Crippen molar-refractivity contribution in [2.75, 3.05) is 7.05 Å². The monoisotopic (exact) mass is 411 g/mol. The lowest BCUT2D eigenvalue weighted by Crippen LogP contribution is -2.39. The lowest BCUT2D eigenvalue weighted by Gasteiger charge is -2.18. The maximum absolute atomic E-state index is 13.6. The van der Waals surface area contributed by atoms with Gasteiger partial charge in [0.05, 0.1) is 0 Å². The topological polar surface area (TPSA) is 80.3 Å². The van der Waals surface area contributed by atoms with Gasteiger partial charge in [0.2, 0.25) is 5.91 Å². The predicted molar refractivity (Wildman–Crippen MR) is 106 cm³/mol. The molecule has 0 saturated heterocycles. The third kappa shape index (κ3) is 5.16.